The predicted octanol–water partition coefficient (Wildman–Crippen LogP) is 3.45. The molecule has 0 aliphatic carbocycles. The molecule has 2 N–H and O–H groups in total. The van der Waals surface area contributed by atoms with E-state index in [4.69, 9.17) is 4.74 Å². The molecule has 1 heterocycles. The summed E-state index contributed by atoms with van der Waals surface area (Å²) in [6.45, 7) is 10.9. The van der Waals surface area contributed by atoms with Gasteiger partial charge in [-0.2, -0.15) is 0 Å². The van der Waals surface area contributed by atoms with Gasteiger partial charge in [0.05, 0.1) is 7.11 Å². The van der Waals surface area contributed by atoms with E-state index in [0.29, 0.717) is 12.0 Å². The lowest BCUT2D eigenvalue weighted by Crippen LogP contribution is -2.46. The van der Waals surface area contributed by atoms with Crippen LogP contribution < -0.4 is 15.4 Å². The van der Waals surface area contributed by atoms with Gasteiger partial charge in [0.15, 0.2) is 5.96 Å². The molecule has 27 heavy (non-hydrogen) atoms. The van der Waals surface area contributed by atoms with E-state index in [-0.39, 0.29) is 24.0 Å². The minimum Gasteiger partial charge on any atom is -0.496 e. The third-order valence-corrected chi connectivity index (χ3v) is 5.24. The number of benzene rings is 1. The highest BCUT2D eigenvalue weighted by atomic mass is 127. The highest BCUT2D eigenvalue weighted by Crippen LogP contribution is 2.19. The van der Waals surface area contributed by atoms with Gasteiger partial charge >= 0.3 is 0 Å². The highest BCUT2D eigenvalue weighted by molar-refractivity contribution is 14.0. The second-order valence-corrected chi connectivity index (χ2v) is 7.53. The Bertz CT molecular complexity index is 592. The first-order valence-electron chi connectivity index (χ1n) is 9.85. The fourth-order valence-electron chi connectivity index (χ4n) is 3.54. The summed E-state index contributed by atoms with van der Waals surface area (Å²) in [6.07, 6.45) is 3.55. The number of likely N-dealkylation sites (tertiary alicyclic amines) is 1. The van der Waals surface area contributed by atoms with Crippen molar-refractivity contribution in [1.82, 2.24) is 15.5 Å². The van der Waals surface area contributed by atoms with Crippen molar-refractivity contribution < 1.29 is 4.74 Å². The molecule has 2 rings (SSSR count). The molecule has 6 heteroatoms. The van der Waals surface area contributed by atoms with Gasteiger partial charge in [-0.25, -0.2) is 0 Å². The van der Waals surface area contributed by atoms with Crippen molar-refractivity contribution in [3.05, 3.63) is 29.3 Å². The Hall–Kier alpha value is -1.02. The summed E-state index contributed by atoms with van der Waals surface area (Å²) in [7, 11) is 3.56. The monoisotopic (exact) mass is 488 g/mol. The fraction of sp³-hybridized carbons (Fsp3) is 0.667. The van der Waals surface area contributed by atoms with Gasteiger partial charge in [-0.15, -0.1) is 24.0 Å². The van der Waals surface area contributed by atoms with Crippen LogP contribution in [0.2, 0.25) is 0 Å². The van der Waals surface area contributed by atoms with E-state index in [1.807, 2.05) is 7.05 Å². The second-order valence-electron chi connectivity index (χ2n) is 7.53. The molecule has 0 radical (unpaired) electrons. The minimum atomic E-state index is 0. The van der Waals surface area contributed by atoms with Gasteiger partial charge < -0.3 is 20.3 Å². The van der Waals surface area contributed by atoms with E-state index in [1.54, 1.807) is 7.11 Å². The van der Waals surface area contributed by atoms with E-state index in [0.717, 1.165) is 31.2 Å². The molecule has 1 saturated heterocycles. The van der Waals surface area contributed by atoms with Crippen molar-refractivity contribution in [2.24, 2.45) is 10.9 Å². The summed E-state index contributed by atoms with van der Waals surface area (Å²) in [5.74, 6) is 2.55. The predicted molar refractivity (Wildman–Crippen MR) is 126 cm³/mol. The Kier molecular flexibility index (Phi) is 11.1. The molecule has 1 aromatic rings. The number of halogens is 1. The van der Waals surface area contributed by atoms with Gasteiger partial charge in [0.2, 0.25) is 0 Å². The molecule has 1 atom stereocenters. The SMILES string of the molecule is CN=C(NCCc1ccc(C)c(OC)c1)NCC1CCCN(C(C)C)C1.I. The molecule has 0 bridgehead atoms. The van der Waals surface area contributed by atoms with E-state index in [9.17, 15) is 0 Å². The van der Waals surface area contributed by atoms with Gasteiger partial charge in [-0.1, -0.05) is 12.1 Å². The van der Waals surface area contributed by atoms with Gasteiger partial charge in [0, 0.05) is 32.7 Å². The second kappa shape index (κ2) is 12.4. The van der Waals surface area contributed by atoms with Crippen LogP contribution in [-0.2, 0) is 6.42 Å². The van der Waals surface area contributed by atoms with Crippen LogP contribution in [0.4, 0.5) is 0 Å². The lowest BCUT2D eigenvalue weighted by atomic mass is 9.97. The maximum atomic E-state index is 5.40. The zero-order chi connectivity index (χ0) is 18.9. The standard InChI is InChI=1S/C21H36N4O.HI/c1-16(2)25-12-6-7-19(15-25)14-24-21(22-4)23-11-10-18-9-8-17(3)20(13-18)26-5;/h8-9,13,16,19H,6-7,10-12,14-15H2,1-5H3,(H2,22,23,24);1H. The average Bonchev–Trinajstić information content (AvgIpc) is 2.65. The number of rotatable bonds is 7. The van der Waals surface area contributed by atoms with Crippen LogP contribution in [0.5, 0.6) is 5.75 Å². The quantitative estimate of drug-likeness (QED) is 0.351. The van der Waals surface area contributed by atoms with Crippen LogP contribution in [-0.4, -0.2) is 57.2 Å². The number of methoxy groups -OCH3 is 1. The molecule has 1 aliphatic rings. The van der Waals surface area contributed by atoms with E-state index < -0.39 is 0 Å². The number of hydrogen-bond acceptors (Lipinski definition) is 3. The summed E-state index contributed by atoms with van der Waals surface area (Å²) in [5, 5.41) is 6.93. The van der Waals surface area contributed by atoms with Crippen LogP contribution in [0.3, 0.4) is 0 Å². The third-order valence-electron chi connectivity index (χ3n) is 5.24. The Balaban J connectivity index is 0.00000364. The first-order valence-corrected chi connectivity index (χ1v) is 9.85. The largest absolute Gasteiger partial charge is 0.496 e. The zero-order valence-electron chi connectivity index (χ0n) is 17.5. The molecule has 1 aromatic carbocycles. The zero-order valence-corrected chi connectivity index (χ0v) is 19.9. The number of nitrogens with zero attached hydrogens (tertiary/aromatic N) is 2. The van der Waals surface area contributed by atoms with Gasteiger partial charge in [0.25, 0.3) is 0 Å². The van der Waals surface area contributed by atoms with Crippen molar-refractivity contribution in [3.8, 4) is 5.75 Å². The summed E-state index contributed by atoms with van der Waals surface area (Å²) in [4.78, 5) is 6.94. The first kappa shape index (κ1) is 24.0. The first-order chi connectivity index (χ1) is 12.5. The minimum absolute atomic E-state index is 0. The van der Waals surface area contributed by atoms with Crippen LogP contribution in [0.25, 0.3) is 0 Å². The average molecular weight is 488 g/mol. The summed E-state index contributed by atoms with van der Waals surface area (Å²) < 4.78 is 5.40. The summed E-state index contributed by atoms with van der Waals surface area (Å²) >= 11 is 0. The van der Waals surface area contributed by atoms with E-state index >= 15 is 0 Å². The molecule has 0 spiro atoms. The Morgan fingerprint density at radius 2 is 2.11 bits per heavy atom. The van der Waals surface area contributed by atoms with Crippen molar-refractivity contribution >= 4 is 29.9 Å². The van der Waals surface area contributed by atoms with E-state index in [1.165, 1.54) is 37.1 Å². The maximum absolute atomic E-state index is 5.40. The topological polar surface area (TPSA) is 48.9 Å². The molecular weight excluding hydrogens is 451 g/mol. The number of nitrogens with one attached hydrogen (secondary N) is 2. The van der Waals surface area contributed by atoms with Gasteiger partial charge in [0.1, 0.15) is 5.75 Å². The highest BCUT2D eigenvalue weighted by Gasteiger charge is 2.21. The molecule has 0 amide bonds. The van der Waals surface area contributed by atoms with Crippen LogP contribution in [0.15, 0.2) is 23.2 Å². The van der Waals surface area contributed by atoms with Crippen LogP contribution in [0, 0.1) is 12.8 Å². The number of aliphatic imine (C=N–C) groups is 1. The van der Waals surface area contributed by atoms with Crippen molar-refractivity contribution in [1.29, 1.82) is 0 Å². The molecule has 1 aliphatic heterocycles. The molecule has 154 valence electrons. The van der Waals surface area contributed by atoms with Crippen molar-refractivity contribution in [2.45, 2.75) is 46.1 Å². The molecule has 1 unspecified atom stereocenters. The molecule has 5 nitrogen and oxygen atoms in total. The van der Waals surface area contributed by atoms with E-state index in [2.05, 4.69) is 59.5 Å². The number of piperidine rings is 1. The van der Waals surface area contributed by atoms with Gasteiger partial charge in [-0.05, 0) is 69.7 Å². The molecular formula is C21H37IN4O. The smallest absolute Gasteiger partial charge is 0.190 e. The lowest BCUT2D eigenvalue weighted by Gasteiger charge is -2.35. The van der Waals surface area contributed by atoms with Crippen molar-refractivity contribution in [3.63, 3.8) is 0 Å². The Labute approximate surface area is 182 Å². The fourth-order valence-corrected chi connectivity index (χ4v) is 3.54. The lowest BCUT2D eigenvalue weighted by molar-refractivity contribution is 0.141. The number of guanidine groups is 1. The Morgan fingerprint density at radius 3 is 2.78 bits per heavy atom. The summed E-state index contributed by atoms with van der Waals surface area (Å²) in [5.41, 5.74) is 2.44. The normalized spacial score (nSPS) is 18.1. The van der Waals surface area contributed by atoms with Gasteiger partial charge in [-0.3, -0.25) is 4.99 Å². The Morgan fingerprint density at radius 1 is 1.33 bits per heavy atom. The summed E-state index contributed by atoms with van der Waals surface area (Å²) in [6, 6.07) is 7.04. The number of aryl methyl sites for hydroxylation is 1. The van der Waals surface area contributed by atoms with Crippen molar-refractivity contribution in [2.75, 3.05) is 40.3 Å². The number of ether oxygens (including phenoxy) is 1. The number of hydrogen-bond donors (Lipinski definition) is 2. The maximum Gasteiger partial charge on any atom is 0.190 e. The molecule has 0 saturated carbocycles. The molecule has 0 aromatic heterocycles. The molecule has 1 fully saturated rings. The third kappa shape index (κ3) is 7.86. The van der Waals surface area contributed by atoms with Crippen LogP contribution >= 0.6 is 24.0 Å². The van der Waals surface area contributed by atoms with Crippen LogP contribution in [0.1, 0.15) is 37.8 Å².